The molecule has 1 heterocycles. The first kappa shape index (κ1) is 15.9. The summed E-state index contributed by atoms with van der Waals surface area (Å²) in [7, 11) is 1.27. The van der Waals surface area contributed by atoms with Crippen LogP contribution in [0.1, 0.15) is 26.7 Å². The molecular weight excluding hydrogens is 250 g/mol. The van der Waals surface area contributed by atoms with Crippen LogP contribution in [-0.4, -0.2) is 60.9 Å². The number of aliphatic hydroxyl groups is 1. The van der Waals surface area contributed by atoms with Crippen molar-refractivity contribution in [3.05, 3.63) is 0 Å². The zero-order chi connectivity index (χ0) is 14.4. The van der Waals surface area contributed by atoms with Crippen LogP contribution in [-0.2, 0) is 19.1 Å². The van der Waals surface area contributed by atoms with E-state index in [1.165, 1.54) is 7.11 Å². The lowest BCUT2D eigenvalue weighted by molar-refractivity contribution is -0.155. The summed E-state index contributed by atoms with van der Waals surface area (Å²) in [6.07, 6.45) is 0.178. The Morgan fingerprint density at radius 2 is 1.89 bits per heavy atom. The summed E-state index contributed by atoms with van der Waals surface area (Å²) in [5, 5.41) is 9.74. The van der Waals surface area contributed by atoms with Crippen molar-refractivity contribution in [2.24, 2.45) is 5.92 Å². The molecule has 6 heteroatoms. The van der Waals surface area contributed by atoms with Crippen LogP contribution >= 0.6 is 0 Å². The van der Waals surface area contributed by atoms with Gasteiger partial charge in [0.15, 0.2) is 6.10 Å². The maximum absolute atomic E-state index is 11.5. The topological polar surface area (TPSA) is 76.1 Å². The van der Waals surface area contributed by atoms with E-state index in [1.54, 1.807) is 0 Å². The van der Waals surface area contributed by atoms with Gasteiger partial charge in [0.2, 0.25) is 0 Å². The molecule has 0 amide bonds. The molecule has 0 aromatic rings. The van der Waals surface area contributed by atoms with Gasteiger partial charge in [-0.3, -0.25) is 9.69 Å². The molecule has 1 aliphatic heterocycles. The monoisotopic (exact) mass is 273 g/mol. The number of rotatable bonds is 5. The first-order valence-corrected chi connectivity index (χ1v) is 6.61. The lowest BCUT2D eigenvalue weighted by atomic mass is 9.91. The third-order valence-corrected chi connectivity index (χ3v) is 3.24. The minimum Gasteiger partial charge on any atom is -0.467 e. The lowest BCUT2D eigenvalue weighted by Crippen LogP contribution is -2.43. The highest BCUT2D eigenvalue weighted by Gasteiger charge is 2.31. The predicted octanol–water partition coefficient (Wildman–Crippen LogP) is 0.184. The van der Waals surface area contributed by atoms with E-state index in [0.717, 1.165) is 0 Å². The number of esters is 2. The largest absolute Gasteiger partial charge is 0.467 e. The van der Waals surface area contributed by atoms with Gasteiger partial charge in [0.1, 0.15) is 0 Å². The Morgan fingerprint density at radius 3 is 2.37 bits per heavy atom. The number of aliphatic hydroxyl groups excluding tert-OH is 1. The lowest BCUT2D eigenvalue weighted by Gasteiger charge is -2.32. The zero-order valence-corrected chi connectivity index (χ0v) is 11.8. The van der Waals surface area contributed by atoms with Crippen molar-refractivity contribution in [2.75, 3.05) is 26.7 Å². The van der Waals surface area contributed by atoms with Gasteiger partial charge in [0.05, 0.1) is 19.8 Å². The molecule has 0 aromatic carbocycles. The average Bonchev–Trinajstić information content (AvgIpc) is 2.36. The molecule has 0 spiro atoms. The fraction of sp³-hybridized carbons (Fsp3) is 0.846. The van der Waals surface area contributed by atoms with E-state index in [-0.39, 0.29) is 24.5 Å². The third-order valence-electron chi connectivity index (χ3n) is 3.24. The molecule has 1 N–H and O–H groups in total. The van der Waals surface area contributed by atoms with E-state index in [9.17, 15) is 14.7 Å². The van der Waals surface area contributed by atoms with Gasteiger partial charge in [-0.15, -0.1) is 0 Å². The van der Waals surface area contributed by atoms with Gasteiger partial charge in [0.25, 0.3) is 0 Å². The maximum Gasteiger partial charge on any atom is 0.334 e. The molecule has 110 valence electrons. The summed E-state index contributed by atoms with van der Waals surface area (Å²) in [5.74, 6) is -0.913. The Bertz CT molecular complexity index is 310. The minimum absolute atomic E-state index is 0.0928. The number of carbonyl (C=O) groups excluding carboxylic acids is 2. The van der Waals surface area contributed by atoms with Crippen LogP contribution in [0.2, 0.25) is 0 Å². The molecular formula is C13H23NO5. The first-order chi connectivity index (χ1) is 8.93. The quantitative estimate of drug-likeness (QED) is 0.720. The SMILES string of the molecule is COC(=O)[C@H](O)C1CCN(CC(=O)OC(C)C)CC1. The third kappa shape index (κ3) is 5.16. The number of methoxy groups -OCH3 is 1. The van der Waals surface area contributed by atoms with Crippen LogP contribution in [0.4, 0.5) is 0 Å². The van der Waals surface area contributed by atoms with Gasteiger partial charge in [-0.05, 0) is 45.7 Å². The number of piperidine rings is 1. The summed E-state index contributed by atoms with van der Waals surface area (Å²) in [4.78, 5) is 24.7. The van der Waals surface area contributed by atoms with Gasteiger partial charge in [-0.2, -0.15) is 0 Å². The highest BCUT2D eigenvalue weighted by atomic mass is 16.5. The second-order valence-corrected chi connectivity index (χ2v) is 5.12. The molecule has 0 saturated carbocycles. The van der Waals surface area contributed by atoms with Crippen molar-refractivity contribution in [3.8, 4) is 0 Å². The van der Waals surface area contributed by atoms with Crippen LogP contribution in [0.15, 0.2) is 0 Å². The van der Waals surface area contributed by atoms with Crippen molar-refractivity contribution < 1.29 is 24.2 Å². The molecule has 1 atom stereocenters. The van der Waals surface area contributed by atoms with E-state index >= 15 is 0 Å². The van der Waals surface area contributed by atoms with Crippen LogP contribution in [0.25, 0.3) is 0 Å². The average molecular weight is 273 g/mol. The normalized spacial score (nSPS) is 19.2. The Morgan fingerprint density at radius 1 is 1.32 bits per heavy atom. The summed E-state index contributed by atoms with van der Waals surface area (Å²) < 4.78 is 9.60. The molecule has 0 radical (unpaired) electrons. The Hall–Kier alpha value is -1.14. The number of ether oxygens (including phenoxy) is 2. The molecule has 1 saturated heterocycles. The standard InChI is InChI=1S/C13H23NO5/c1-9(2)19-11(15)8-14-6-4-10(5-7-14)12(16)13(17)18-3/h9-10,12,16H,4-8H2,1-3H3/t12-/m1/s1. The molecule has 1 fully saturated rings. The Kier molecular flexibility index (Phi) is 6.24. The number of likely N-dealkylation sites (tertiary alicyclic amines) is 1. The van der Waals surface area contributed by atoms with Crippen LogP contribution in [0.3, 0.4) is 0 Å². The molecule has 6 nitrogen and oxygen atoms in total. The van der Waals surface area contributed by atoms with Gasteiger partial charge in [0, 0.05) is 0 Å². The van der Waals surface area contributed by atoms with Gasteiger partial charge in [-0.25, -0.2) is 4.79 Å². The first-order valence-electron chi connectivity index (χ1n) is 6.61. The van der Waals surface area contributed by atoms with Crippen molar-refractivity contribution >= 4 is 11.9 Å². The Labute approximate surface area is 113 Å². The minimum atomic E-state index is -1.06. The highest BCUT2D eigenvalue weighted by molar-refractivity contribution is 5.74. The van der Waals surface area contributed by atoms with E-state index < -0.39 is 12.1 Å². The van der Waals surface area contributed by atoms with Gasteiger partial charge >= 0.3 is 11.9 Å². The van der Waals surface area contributed by atoms with E-state index in [0.29, 0.717) is 25.9 Å². The van der Waals surface area contributed by atoms with Crippen LogP contribution < -0.4 is 0 Å². The number of carbonyl (C=O) groups is 2. The van der Waals surface area contributed by atoms with Crippen molar-refractivity contribution in [1.29, 1.82) is 0 Å². The summed E-state index contributed by atoms with van der Waals surface area (Å²) in [6.45, 7) is 5.24. The van der Waals surface area contributed by atoms with E-state index in [1.807, 2.05) is 18.7 Å². The molecule has 0 unspecified atom stereocenters. The molecule has 1 rings (SSSR count). The van der Waals surface area contributed by atoms with Gasteiger partial charge in [-0.1, -0.05) is 0 Å². The van der Waals surface area contributed by atoms with E-state index in [2.05, 4.69) is 4.74 Å². The summed E-state index contributed by atoms with van der Waals surface area (Å²) in [5.41, 5.74) is 0. The molecule has 19 heavy (non-hydrogen) atoms. The number of nitrogens with zero attached hydrogens (tertiary/aromatic N) is 1. The van der Waals surface area contributed by atoms with Gasteiger partial charge < -0.3 is 14.6 Å². The molecule has 0 aromatic heterocycles. The zero-order valence-electron chi connectivity index (χ0n) is 11.8. The van der Waals surface area contributed by atoms with Crippen molar-refractivity contribution in [2.45, 2.75) is 38.9 Å². The summed E-state index contributed by atoms with van der Waals surface area (Å²) in [6, 6.07) is 0. The van der Waals surface area contributed by atoms with Crippen LogP contribution in [0.5, 0.6) is 0 Å². The second kappa shape index (κ2) is 7.45. The smallest absolute Gasteiger partial charge is 0.334 e. The molecule has 0 bridgehead atoms. The fourth-order valence-electron chi connectivity index (χ4n) is 2.22. The second-order valence-electron chi connectivity index (χ2n) is 5.12. The van der Waals surface area contributed by atoms with Crippen molar-refractivity contribution in [3.63, 3.8) is 0 Å². The molecule has 1 aliphatic rings. The van der Waals surface area contributed by atoms with Crippen LogP contribution in [0, 0.1) is 5.92 Å². The Balaban J connectivity index is 2.33. The summed E-state index contributed by atoms with van der Waals surface area (Å²) >= 11 is 0. The maximum atomic E-state index is 11.5. The number of hydrogen-bond acceptors (Lipinski definition) is 6. The highest BCUT2D eigenvalue weighted by Crippen LogP contribution is 2.21. The van der Waals surface area contributed by atoms with E-state index in [4.69, 9.17) is 4.74 Å². The number of hydrogen-bond donors (Lipinski definition) is 1. The van der Waals surface area contributed by atoms with Crippen molar-refractivity contribution in [1.82, 2.24) is 4.90 Å². The fourth-order valence-corrected chi connectivity index (χ4v) is 2.22. The predicted molar refractivity (Wildman–Crippen MR) is 68.4 cm³/mol. The molecule has 0 aliphatic carbocycles.